The van der Waals surface area contributed by atoms with Gasteiger partial charge in [0.2, 0.25) is 10.0 Å². The topological polar surface area (TPSA) is 80.2 Å². The van der Waals surface area contributed by atoms with Crippen LogP contribution < -0.4 is 10.2 Å². The summed E-state index contributed by atoms with van der Waals surface area (Å²) < 4.78 is 32.6. The lowest BCUT2D eigenvalue weighted by molar-refractivity contribution is -0.907. The van der Waals surface area contributed by atoms with Crippen LogP contribution in [0.5, 0.6) is 0 Å². The van der Waals surface area contributed by atoms with Gasteiger partial charge in [-0.1, -0.05) is 11.6 Å². The number of morpholine rings is 1. The molecule has 0 radical (unpaired) electrons. The number of hydrogen-bond acceptors (Lipinski definition) is 4. The number of halogens is 1. The molecule has 2 aliphatic heterocycles. The lowest BCUT2D eigenvalue weighted by Gasteiger charge is -2.31. The van der Waals surface area contributed by atoms with E-state index in [9.17, 15) is 13.2 Å². The molecule has 0 saturated carbocycles. The van der Waals surface area contributed by atoms with E-state index in [1.54, 1.807) is 0 Å². The van der Waals surface area contributed by atoms with Crippen LogP contribution >= 0.6 is 11.6 Å². The SMILES string of the molecule is C[C@@H]1C[NH+](CC(=O)Nc2cc(S(=O)(=O)N3CCCC3)ccc2Cl)C[C@H](C)O1. The Hall–Kier alpha value is -1.19. The van der Waals surface area contributed by atoms with Crippen LogP contribution in [0.25, 0.3) is 0 Å². The van der Waals surface area contributed by atoms with E-state index in [0.717, 1.165) is 30.8 Å². The van der Waals surface area contributed by atoms with Crippen LogP contribution in [-0.4, -0.2) is 63.6 Å². The van der Waals surface area contributed by atoms with Gasteiger partial charge in [0.25, 0.3) is 5.91 Å². The normalized spacial score (nSPS) is 26.9. The molecule has 27 heavy (non-hydrogen) atoms. The fourth-order valence-electron chi connectivity index (χ4n) is 3.79. The molecule has 3 atom stereocenters. The maximum Gasteiger partial charge on any atom is 0.279 e. The second-order valence-electron chi connectivity index (χ2n) is 7.39. The van der Waals surface area contributed by atoms with Gasteiger partial charge in [0.15, 0.2) is 6.54 Å². The van der Waals surface area contributed by atoms with E-state index in [2.05, 4.69) is 5.32 Å². The number of ether oxygens (including phenoxy) is 1. The maximum atomic E-state index is 12.7. The molecule has 2 fully saturated rings. The molecule has 1 aromatic carbocycles. The Labute approximate surface area is 165 Å². The van der Waals surface area contributed by atoms with Crippen LogP contribution in [0.1, 0.15) is 26.7 Å². The van der Waals surface area contributed by atoms with Gasteiger partial charge < -0.3 is 15.0 Å². The van der Waals surface area contributed by atoms with E-state index in [0.29, 0.717) is 23.8 Å². The molecule has 2 saturated heterocycles. The molecule has 3 rings (SSSR count). The largest absolute Gasteiger partial charge is 0.364 e. The number of hydrogen-bond donors (Lipinski definition) is 2. The van der Waals surface area contributed by atoms with Crippen LogP contribution in [0.3, 0.4) is 0 Å². The molecule has 0 spiro atoms. The Morgan fingerprint density at radius 1 is 1.26 bits per heavy atom. The molecule has 2 heterocycles. The zero-order valence-electron chi connectivity index (χ0n) is 15.7. The van der Waals surface area contributed by atoms with Crippen molar-refractivity contribution in [3.05, 3.63) is 23.2 Å². The first-order chi connectivity index (χ1) is 12.8. The van der Waals surface area contributed by atoms with E-state index >= 15 is 0 Å². The summed E-state index contributed by atoms with van der Waals surface area (Å²) in [5, 5.41) is 3.10. The van der Waals surface area contributed by atoms with Crippen molar-refractivity contribution in [2.45, 2.75) is 43.8 Å². The van der Waals surface area contributed by atoms with Gasteiger partial charge in [-0.2, -0.15) is 4.31 Å². The van der Waals surface area contributed by atoms with E-state index in [1.807, 2.05) is 13.8 Å². The van der Waals surface area contributed by atoms with E-state index in [1.165, 1.54) is 22.5 Å². The zero-order valence-corrected chi connectivity index (χ0v) is 17.3. The highest BCUT2D eigenvalue weighted by atomic mass is 35.5. The molecular weight excluding hydrogens is 390 g/mol. The molecule has 0 aliphatic carbocycles. The van der Waals surface area contributed by atoms with Gasteiger partial charge in [-0.15, -0.1) is 0 Å². The number of benzene rings is 1. The van der Waals surface area contributed by atoms with Crippen molar-refractivity contribution in [3.63, 3.8) is 0 Å². The molecule has 1 amide bonds. The van der Waals surface area contributed by atoms with Crippen molar-refractivity contribution in [3.8, 4) is 0 Å². The third-order valence-electron chi connectivity index (χ3n) is 4.94. The van der Waals surface area contributed by atoms with Crippen molar-refractivity contribution in [2.24, 2.45) is 0 Å². The first-order valence-corrected chi connectivity index (χ1v) is 11.2. The van der Waals surface area contributed by atoms with E-state index < -0.39 is 10.0 Å². The van der Waals surface area contributed by atoms with Gasteiger partial charge in [0.05, 0.1) is 15.6 Å². The van der Waals surface area contributed by atoms with Crippen molar-refractivity contribution in [1.82, 2.24) is 4.31 Å². The first-order valence-electron chi connectivity index (χ1n) is 9.34. The van der Waals surface area contributed by atoms with Gasteiger partial charge in [-0.05, 0) is 44.9 Å². The molecule has 9 heteroatoms. The number of sulfonamides is 1. The average Bonchev–Trinajstić information content (AvgIpc) is 3.11. The van der Waals surface area contributed by atoms with Crippen molar-refractivity contribution >= 4 is 33.2 Å². The summed E-state index contributed by atoms with van der Waals surface area (Å²) in [5.41, 5.74) is 0.329. The highest BCUT2D eigenvalue weighted by molar-refractivity contribution is 7.89. The van der Waals surface area contributed by atoms with Crippen LogP contribution in [-0.2, 0) is 19.6 Å². The van der Waals surface area contributed by atoms with Gasteiger partial charge >= 0.3 is 0 Å². The number of nitrogens with one attached hydrogen (secondary N) is 2. The summed E-state index contributed by atoms with van der Waals surface area (Å²) >= 11 is 6.19. The smallest absolute Gasteiger partial charge is 0.279 e. The Kier molecular flexibility index (Phi) is 6.43. The van der Waals surface area contributed by atoms with Crippen molar-refractivity contribution < 1.29 is 22.8 Å². The van der Waals surface area contributed by atoms with Gasteiger partial charge in [0.1, 0.15) is 25.3 Å². The zero-order chi connectivity index (χ0) is 19.6. The second-order valence-corrected chi connectivity index (χ2v) is 9.74. The summed E-state index contributed by atoms with van der Waals surface area (Å²) in [4.78, 5) is 13.8. The van der Waals surface area contributed by atoms with Gasteiger partial charge in [-0.25, -0.2) is 8.42 Å². The minimum Gasteiger partial charge on any atom is -0.364 e. The Bertz CT molecular complexity index is 786. The quantitative estimate of drug-likeness (QED) is 0.742. The predicted octanol–water partition coefficient (Wildman–Crippen LogP) is 0.755. The molecule has 1 unspecified atom stereocenters. The highest BCUT2D eigenvalue weighted by Crippen LogP contribution is 2.28. The number of quaternary nitrogens is 1. The van der Waals surface area contributed by atoms with Gasteiger partial charge in [-0.3, -0.25) is 4.79 Å². The number of carbonyl (C=O) groups excluding carboxylic acids is 1. The van der Waals surface area contributed by atoms with Crippen LogP contribution in [0.4, 0.5) is 5.69 Å². The highest BCUT2D eigenvalue weighted by Gasteiger charge is 2.29. The summed E-state index contributed by atoms with van der Waals surface area (Å²) in [6, 6.07) is 4.46. The predicted molar refractivity (Wildman–Crippen MR) is 104 cm³/mol. The van der Waals surface area contributed by atoms with Crippen LogP contribution in [0.15, 0.2) is 23.1 Å². The number of amides is 1. The molecule has 2 aliphatic rings. The lowest BCUT2D eigenvalue weighted by atomic mass is 10.2. The number of carbonyl (C=O) groups is 1. The average molecular weight is 417 g/mol. The molecular formula is C18H27ClN3O4S+. The molecule has 0 bridgehead atoms. The molecule has 0 aromatic heterocycles. The monoisotopic (exact) mass is 416 g/mol. The van der Waals surface area contributed by atoms with E-state index in [4.69, 9.17) is 16.3 Å². The van der Waals surface area contributed by atoms with Crippen molar-refractivity contribution in [2.75, 3.05) is 38.0 Å². The summed E-state index contributed by atoms with van der Waals surface area (Å²) in [7, 11) is -3.55. The maximum absolute atomic E-state index is 12.7. The van der Waals surface area contributed by atoms with E-state index in [-0.39, 0.29) is 29.6 Å². The minimum absolute atomic E-state index is 0.106. The third-order valence-corrected chi connectivity index (χ3v) is 7.17. The molecule has 150 valence electrons. The first kappa shape index (κ1) is 20.5. The van der Waals surface area contributed by atoms with Gasteiger partial charge in [0, 0.05) is 13.1 Å². The lowest BCUT2D eigenvalue weighted by Crippen LogP contribution is -3.16. The minimum atomic E-state index is -3.55. The number of rotatable bonds is 5. The Morgan fingerprint density at radius 2 is 1.89 bits per heavy atom. The van der Waals surface area contributed by atoms with Crippen molar-refractivity contribution in [1.29, 1.82) is 0 Å². The number of anilines is 1. The third kappa shape index (κ3) is 5.00. The summed E-state index contributed by atoms with van der Waals surface area (Å²) in [6.07, 6.45) is 1.95. The fourth-order valence-corrected chi connectivity index (χ4v) is 5.50. The molecule has 1 aromatic rings. The molecule has 7 nitrogen and oxygen atoms in total. The number of nitrogens with zero attached hydrogens (tertiary/aromatic N) is 1. The Balaban J connectivity index is 1.70. The fraction of sp³-hybridized carbons (Fsp3) is 0.611. The standard InChI is InChI=1S/C18H26ClN3O4S/c1-13-10-21(11-14(2)26-13)12-18(23)20-17-9-15(5-6-16(17)19)27(24,25)22-7-3-4-8-22/h5-6,9,13-14H,3-4,7-8,10-12H2,1-2H3,(H,20,23)/p+1/t13-,14+. The second kappa shape index (κ2) is 8.45. The summed E-state index contributed by atoms with van der Waals surface area (Å²) in [6.45, 7) is 6.86. The summed E-state index contributed by atoms with van der Waals surface area (Å²) in [5.74, 6) is -0.191. The molecule has 2 N–H and O–H groups in total. The van der Waals surface area contributed by atoms with Crippen LogP contribution in [0, 0.1) is 0 Å². The van der Waals surface area contributed by atoms with Crippen LogP contribution in [0.2, 0.25) is 5.02 Å². The Morgan fingerprint density at radius 3 is 2.52 bits per heavy atom.